The zero-order chi connectivity index (χ0) is 15.4. The van der Waals surface area contributed by atoms with Crippen molar-refractivity contribution in [2.75, 3.05) is 16.8 Å². The minimum atomic E-state index is -0.175. The lowest BCUT2D eigenvalue weighted by molar-refractivity contribution is -0.117. The van der Waals surface area contributed by atoms with Gasteiger partial charge in [0, 0.05) is 19.0 Å². The van der Waals surface area contributed by atoms with E-state index >= 15 is 0 Å². The summed E-state index contributed by atoms with van der Waals surface area (Å²) in [5, 5.41) is 5.95. The molecule has 0 atom stereocenters. The van der Waals surface area contributed by atoms with Crippen molar-refractivity contribution in [1.29, 1.82) is 0 Å². The maximum atomic E-state index is 12.2. The van der Waals surface area contributed by atoms with Crippen molar-refractivity contribution in [3.63, 3.8) is 0 Å². The number of benzene rings is 1. The summed E-state index contributed by atoms with van der Waals surface area (Å²) in [5.74, 6) is 0.127. The minimum absolute atomic E-state index is 0.127. The van der Waals surface area contributed by atoms with E-state index in [1.165, 1.54) is 19.3 Å². The van der Waals surface area contributed by atoms with E-state index in [1.807, 2.05) is 24.3 Å². The van der Waals surface area contributed by atoms with Crippen molar-refractivity contribution >= 4 is 23.3 Å². The van der Waals surface area contributed by atoms with Gasteiger partial charge in [-0.2, -0.15) is 0 Å². The van der Waals surface area contributed by atoms with E-state index in [0.29, 0.717) is 12.1 Å². The van der Waals surface area contributed by atoms with Gasteiger partial charge in [0.1, 0.15) is 0 Å². The van der Waals surface area contributed by atoms with E-state index in [9.17, 15) is 9.59 Å². The predicted molar refractivity (Wildman–Crippen MR) is 87.1 cm³/mol. The van der Waals surface area contributed by atoms with Crippen LogP contribution in [0.4, 0.5) is 16.2 Å². The number of anilines is 2. The Kier molecular flexibility index (Phi) is 4.61. The number of hydrogen-bond acceptors (Lipinski definition) is 2. The Bertz CT molecular complexity index is 553. The summed E-state index contributed by atoms with van der Waals surface area (Å²) in [6.45, 7) is 0.724. The molecule has 0 spiro atoms. The zero-order valence-electron chi connectivity index (χ0n) is 12.8. The summed E-state index contributed by atoms with van der Waals surface area (Å²) in [6.07, 6.45) is 7.21. The van der Waals surface area contributed by atoms with E-state index in [4.69, 9.17) is 0 Å². The molecule has 118 valence electrons. The second-order valence-electron chi connectivity index (χ2n) is 6.10. The average molecular weight is 301 g/mol. The number of rotatable bonds is 3. The lowest BCUT2D eigenvalue weighted by Gasteiger charge is -2.24. The fourth-order valence-corrected chi connectivity index (χ4v) is 3.31. The van der Waals surface area contributed by atoms with Crippen molar-refractivity contribution in [3.05, 3.63) is 24.3 Å². The molecule has 2 N–H and O–H groups in total. The third-order valence-corrected chi connectivity index (χ3v) is 4.46. The highest BCUT2D eigenvalue weighted by atomic mass is 16.2. The largest absolute Gasteiger partial charge is 0.335 e. The maximum Gasteiger partial charge on any atom is 0.319 e. The first-order chi connectivity index (χ1) is 10.7. The molecule has 1 saturated heterocycles. The standard InChI is InChI=1S/C17H23N3O2/c21-16-11-6-12-20(16)15-10-5-4-9-14(15)19-17(22)18-13-7-2-1-3-8-13/h4-5,9-10,13H,1-3,6-8,11-12H2,(H2,18,19,22). The lowest BCUT2D eigenvalue weighted by atomic mass is 9.96. The molecule has 5 heteroatoms. The van der Waals surface area contributed by atoms with Gasteiger partial charge in [-0.25, -0.2) is 4.79 Å². The van der Waals surface area contributed by atoms with Crippen molar-refractivity contribution in [2.24, 2.45) is 0 Å². The second-order valence-corrected chi connectivity index (χ2v) is 6.10. The van der Waals surface area contributed by atoms with Crippen LogP contribution in [-0.2, 0) is 4.79 Å². The molecule has 1 heterocycles. The first-order valence-corrected chi connectivity index (χ1v) is 8.21. The zero-order valence-corrected chi connectivity index (χ0v) is 12.8. The molecule has 1 aliphatic heterocycles. The molecule has 1 aliphatic carbocycles. The monoisotopic (exact) mass is 301 g/mol. The quantitative estimate of drug-likeness (QED) is 0.900. The van der Waals surface area contributed by atoms with Crippen LogP contribution in [0.5, 0.6) is 0 Å². The molecule has 5 nitrogen and oxygen atoms in total. The van der Waals surface area contributed by atoms with Gasteiger partial charge in [-0.1, -0.05) is 31.4 Å². The molecule has 0 radical (unpaired) electrons. The number of carbonyl (C=O) groups excluding carboxylic acids is 2. The van der Waals surface area contributed by atoms with E-state index in [-0.39, 0.29) is 18.0 Å². The van der Waals surface area contributed by atoms with Gasteiger partial charge in [0.05, 0.1) is 11.4 Å². The smallest absolute Gasteiger partial charge is 0.319 e. The number of urea groups is 1. The van der Waals surface area contributed by atoms with Gasteiger partial charge < -0.3 is 15.5 Å². The molecule has 3 rings (SSSR count). The fourth-order valence-electron chi connectivity index (χ4n) is 3.31. The number of nitrogens with one attached hydrogen (secondary N) is 2. The molecule has 1 aromatic carbocycles. The molecule has 0 aromatic heterocycles. The number of para-hydroxylation sites is 2. The molecule has 0 bridgehead atoms. The van der Waals surface area contributed by atoms with Gasteiger partial charge in [0.15, 0.2) is 0 Å². The molecule has 0 unspecified atom stereocenters. The Morgan fingerprint density at radius 3 is 2.59 bits per heavy atom. The normalized spacial score (nSPS) is 19.3. The van der Waals surface area contributed by atoms with Crippen LogP contribution in [0.25, 0.3) is 0 Å². The Morgan fingerprint density at radius 1 is 1.09 bits per heavy atom. The van der Waals surface area contributed by atoms with E-state index < -0.39 is 0 Å². The fraction of sp³-hybridized carbons (Fsp3) is 0.529. The summed E-state index contributed by atoms with van der Waals surface area (Å²) in [4.78, 5) is 25.9. The van der Waals surface area contributed by atoms with Crippen LogP contribution in [0.2, 0.25) is 0 Å². The van der Waals surface area contributed by atoms with Gasteiger partial charge in [-0.3, -0.25) is 4.79 Å². The summed E-state index contributed by atoms with van der Waals surface area (Å²) < 4.78 is 0. The van der Waals surface area contributed by atoms with Crippen molar-refractivity contribution in [3.8, 4) is 0 Å². The Hall–Kier alpha value is -2.04. The van der Waals surface area contributed by atoms with E-state index in [2.05, 4.69) is 10.6 Å². The third kappa shape index (κ3) is 3.40. The summed E-state index contributed by atoms with van der Waals surface area (Å²) in [6, 6.07) is 7.60. The summed E-state index contributed by atoms with van der Waals surface area (Å²) in [5.41, 5.74) is 1.50. The molecule has 22 heavy (non-hydrogen) atoms. The van der Waals surface area contributed by atoms with E-state index in [1.54, 1.807) is 4.90 Å². The molecular weight excluding hydrogens is 278 g/mol. The van der Waals surface area contributed by atoms with Gasteiger partial charge in [0.2, 0.25) is 5.91 Å². The van der Waals surface area contributed by atoms with Crippen LogP contribution in [-0.4, -0.2) is 24.5 Å². The van der Waals surface area contributed by atoms with Gasteiger partial charge in [-0.15, -0.1) is 0 Å². The minimum Gasteiger partial charge on any atom is -0.335 e. The molecular formula is C17H23N3O2. The highest BCUT2D eigenvalue weighted by Gasteiger charge is 2.24. The maximum absolute atomic E-state index is 12.2. The van der Waals surface area contributed by atoms with Crippen molar-refractivity contribution in [2.45, 2.75) is 51.0 Å². The third-order valence-electron chi connectivity index (χ3n) is 4.46. The number of hydrogen-bond donors (Lipinski definition) is 2. The summed E-state index contributed by atoms with van der Waals surface area (Å²) >= 11 is 0. The Morgan fingerprint density at radius 2 is 1.86 bits per heavy atom. The second kappa shape index (κ2) is 6.81. The predicted octanol–water partition coefficient (Wildman–Crippen LogP) is 3.27. The molecule has 1 aromatic rings. The Balaban J connectivity index is 1.66. The SMILES string of the molecule is O=C(Nc1ccccc1N1CCCC1=O)NC1CCCCC1. The molecule has 2 fully saturated rings. The molecule has 3 amide bonds. The van der Waals surface area contributed by atoms with Crippen LogP contribution in [0.1, 0.15) is 44.9 Å². The lowest BCUT2D eigenvalue weighted by Crippen LogP contribution is -2.39. The molecule has 1 saturated carbocycles. The van der Waals surface area contributed by atoms with Crippen molar-refractivity contribution in [1.82, 2.24) is 5.32 Å². The highest BCUT2D eigenvalue weighted by molar-refractivity contribution is 6.01. The first kappa shape index (κ1) is 14.9. The van der Waals surface area contributed by atoms with Crippen LogP contribution in [0, 0.1) is 0 Å². The average Bonchev–Trinajstić information content (AvgIpc) is 2.95. The van der Waals surface area contributed by atoms with Crippen molar-refractivity contribution < 1.29 is 9.59 Å². The number of carbonyl (C=O) groups is 2. The summed E-state index contributed by atoms with van der Waals surface area (Å²) in [7, 11) is 0. The van der Waals surface area contributed by atoms with Crippen LogP contribution in [0.3, 0.4) is 0 Å². The Labute approximate surface area is 131 Å². The van der Waals surface area contributed by atoms with Crippen LogP contribution < -0.4 is 15.5 Å². The topological polar surface area (TPSA) is 61.4 Å². The van der Waals surface area contributed by atoms with Crippen LogP contribution >= 0.6 is 0 Å². The van der Waals surface area contributed by atoms with Gasteiger partial charge in [0.25, 0.3) is 0 Å². The van der Waals surface area contributed by atoms with Crippen LogP contribution in [0.15, 0.2) is 24.3 Å². The highest BCUT2D eigenvalue weighted by Crippen LogP contribution is 2.29. The van der Waals surface area contributed by atoms with E-state index in [0.717, 1.165) is 31.5 Å². The van der Waals surface area contributed by atoms with Gasteiger partial charge >= 0.3 is 6.03 Å². The number of nitrogens with zero attached hydrogens (tertiary/aromatic N) is 1. The number of amides is 3. The van der Waals surface area contributed by atoms with Gasteiger partial charge in [-0.05, 0) is 31.4 Å². The first-order valence-electron chi connectivity index (χ1n) is 8.21. The molecule has 2 aliphatic rings.